The van der Waals surface area contributed by atoms with Crippen LogP contribution in [0.15, 0.2) is 53.1 Å². The predicted molar refractivity (Wildman–Crippen MR) is 125 cm³/mol. The highest BCUT2D eigenvalue weighted by Gasteiger charge is 2.28. The number of nitrogens with zero attached hydrogens (tertiary/aromatic N) is 4. The van der Waals surface area contributed by atoms with Gasteiger partial charge < -0.3 is 14.3 Å². The second-order valence-electron chi connectivity index (χ2n) is 8.94. The largest absolute Gasteiger partial charge is 0.337 e. The van der Waals surface area contributed by atoms with E-state index in [4.69, 9.17) is 4.52 Å². The molecule has 0 spiro atoms. The Morgan fingerprint density at radius 3 is 2.75 bits per heavy atom. The number of benzene rings is 2. The van der Waals surface area contributed by atoms with Gasteiger partial charge in [-0.15, -0.1) is 5.10 Å². The van der Waals surface area contributed by atoms with Crippen molar-refractivity contribution in [3.8, 4) is 11.3 Å². The molecule has 2 aliphatic heterocycles. The van der Waals surface area contributed by atoms with Crippen LogP contribution in [0.5, 0.6) is 0 Å². The molecule has 1 aromatic heterocycles. The minimum absolute atomic E-state index is 0.263. The molecule has 2 aromatic carbocycles. The van der Waals surface area contributed by atoms with Crippen LogP contribution in [0.3, 0.4) is 0 Å². The third kappa shape index (κ3) is 4.19. The standard InChI is InChI=1S/C26H30N4O2/c1-19-26(32-28-27-19)23-10-4-3-9-22(23)21-14-17-29(18-21)16-13-20-8-2-5-11-24(20)30-15-7-6-12-25(30)31/h2-5,8-11,21H,6-7,12-18H2,1H3. The van der Waals surface area contributed by atoms with Crippen LogP contribution in [0.25, 0.3) is 11.3 Å². The molecule has 0 saturated carbocycles. The van der Waals surface area contributed by atoms with Gasteiger partial charge in [0, 0.05) is 42.6 Å². The minimum Gasteiger partial charge on any atom is -0.337 e. The average molecular weight is 431 g/mol. The van der Waals surface area contributed by atoms with Crippen molar-refractivity contribution in [3.05, 3.63) is 65.4 Å². The van der Waals surface area contributed by atoms with Crippen molar-refractivity contribution in [2.45, 2.75) is 44.9 Å². The summed E-state index contributed by atoms with van der Waals surface area (Å²) in [4.78, 5) is 17.0. The van der Waals surface area contributed by atoms with E-state index in [1.54, 1.807) is 0 Å². The normalized spacial score (nSPS) is 19.6. The summed E-state index contributed by atoms with van der Waals surface area (Å²) in [6.07, 6.45) is 4.86. The Morgan fingerprint density at radius 1 is 1.06 bits per heavy atom. The van der Waals surface area contributed by atoms with Crippen molar-refractivity contribution in [1.82, 2.24) is 15.3 Å². The zero-order valence-corrected chi connectivity index (χ0v) is 18.7. The van der Waals surface area contributed by atoms with E-state index >= 15 is 0 Å². The molecule has 0 radical (unpaired) electrons. The van der Waals surface area contributed by atoms with Crippen molar-refractivity contribution in [2.24, 2.45) is 0 Å². The fourth-order valence-electron chi connectivity index (χ4n) is 5.15. The molecule has 1 atom stereocenters. The molecule has 2 fully saturated rings. The fourth-order valence-corrected chi connectivity index (χ4v) is 5.15. The molecule has 0 aliphatic carbocycles. The Kier molecular flexibility index (Phi) is 6.04. The van der Waals surface area contributed by atoms with Gasteiger partial charge in [0.15, 0.2) is 5.76 Å². The van der Waals surface area contributed by atoms with E-state index in [-0.39, 0.29) is 5.91 Å². The number of carbonyl (C=O) groups excluding carboxylic acids is 1. The molecule has 1 amide bonds. The van der Waals surface area contributed by atoms with Crippen LogP contribution >= 0.6 is 0 Å². The number of anilines is 1. The molecule has 0 bridgehead atoms. The van der Waals surface area contributed by atoms with Gasteiger partial charge in [-0.05, 0) is 62.3 Å². The van der Waals surface area contributed by atoms with Crippen molar-refractivity contribution < 1.29 is 9.32 Å². The van der Waals surface area contributed by atoms with Crippen LogP contribution in [-0.2, 0) is 11.2 Å². The topological polar surface area (TPSA) is 62.5 Å². The van der Waals surface area contributed by atoms with E-state index in [1.807, 2.05) is 24.0 Å². The summed E-state index contributed by atoms with van der Waals surface area (Å²) in [7, 11) is 0. The highest BCUT2D eigenvalue weighted by Crippen LogP contribution is 2.35. The van der Waals surface area contributed by atoms with E-state index in [0.29, 0.717) is 12.3 Å². The third-order valence-electron chi connectivity index (χ3n) is 6.87. The molecular formula is C26H30N4O2. The van der Waals surface area contributed by atoms with E-state index in [0.717, 1.165) is 74.6 Å². The van der Waals surface area contributed by atoms with Gasteiger partial charge in [0.05, 0.1) is 0 Å². The number of hydrogen-bond acceptors (Lipinski definition) is 5. The van der Waals surface area contributed by atoms with Crippen molar-refractivity contribution in [3.63, 3.8) is 0 Å². The van der Waals surface area contributed by atoms with Crippen molar-refractivity contribution in [1.29, 1.82) is 0 Å². The van der Waals surface area contributed by atoms with E-state index < -0.39 is 0 Å². The Balaban J connectivity index is 1.27. The van der Waals surface area contributed by atoms with Gasteiger partial charge in [-0.25, -0.2) is 0 Å². The lowest BCUT2D eigenvalue weighted by Gasteiger charge is -2.29. The van der Waals surface area contributed by atoms with Crippen LogP contribution in [-0.4, -0.2) is 47.4 Å². The quantitative estimate of drug-likeness (QED) is 0.572. The highest BCUT2D eigenvalue weighted by molar-refractivity contribution is 5.94. The van der Waals surface area contributed by atoms with Gasteiger partial charge in [0.25, 0.3) is 0 Å². The number of hydrogen-bond donors (Lipinski definition) is 0. The fraction of sp³-hybridized carbons (Fsp3) is 0.423. The first-order chi connectivity index (χ1) is 15.7. The van der Waals surface area contributed by atoms with Gasteiger partial charge in [-0.1, -0.05) is 42.5 Å². The maximum Gasteiger partial charge on any atom is 0.226 e. The van der Waals surface area contributed by atoms with Gasteiger partial charge >= 0.3 is 0 Å². The van der Waals surface area contributed by atoms with E-state index in [1.165, 1.54) is 11.1 Å². The van der Waals surface area contributed by atoms with Gasteiger partial charge in [0.2, 0.25) is 5.91 Å². The first-order valence-corrected chi connectivity index (χ1v) is 11.7. The molecule has 0 N–H and O–H groups in total. The third-order valence-corrected chi connectivity index (χ3v) is 6.87. The Labute approximate surface area is 189 Å². The second kappa shape index (κ2) is 9.25. The van der Waals surface area contributed by atoms with Crippen LogP contribution < -0.4 is 4.90 Å². The number of aromatic nitrogens is 2. The summed E-state index contributed by atoms with van der Waals surface area (Å²) < 4.78 is 5.46. The molecule has 2 saturated heterocycles. The lowest BCUT2D eigenvalue weighted by atomic mass is 9.92. The van der Waals surface area contributed by atoms with Crippen LogP contribution in [0.1, 0.15) is 48.4 Å². The lowest BCUT2D eigenvalue weighted by molar-refractivity contribution is -0.119. The number of piperidine rings is 1. The zero-order chi connectivity index (χ0) is 21.9. The molecule has 6 heteroatoms. The summed E-state index contributed by atoms with van der Waals surface area (Å²) in [6, 6.07) is 16.9. The van der Waals surface area contributed by atoms with Crippen LogP contribution in [0.4, 0.5) is 5.69 Å². The molecule has 3 heterocycles. The Hall–Kier alpha value is -2.99. The highest BCUT2D eigenvalue weighted by atomic mass is 16.5. The molecule has 3 aromatic rings. The van der Waals surface area contributed by atoms with E-state index in [9.17, 15) is 4.79 Å². The summed E-state index contributed by atoms with van der Waals surface area (Å²) in [5.41, 5.74) is 5.63. The summed E-state index contributed by atoms with van der Waals surface area (Å²) in [5.74, 6) is 1.51. The van der Waals surface area contributed by atoms with Gasteiger partial charge in [0.1, 0.15) is 5.69 Å². The SMILES string of the molecule is Cc1nnoc1-c1ccccc1C1CCN(CCc2ccccc2N2CCCCC2=O)C1. The first-order valence-electron chi connectivity index (χ1n) is 11.7. The molecule has 32 heavy (non-hydrogen) atoms. The minimum atomic E-state index is 0.263. The Morgan fingerprint density at radius 2 is 1.91 bits per heavy atom. The predicted octanol–water partition coefficient (Wildman–Crippen LogP) is 4.59. The maximum absolute atomic E-state index is 12.5. The first kappa shape index (κ1) is 20.9. The monoisotopic (exact) mass is 430 g/mol. The van der Waals surface area contributed by atoms with Crippen LogP contribution in [0, 0.1) is 6.92 Å². The van der Waals surface area contributed by atoms with Gasteiger partial charge in [-0.3, -0.25) is 4.79 Å². The molecule has 1 unspecified atom stereocenters. The smallest absolute Gasteiger partial charge is 0.226 e. The lowest BCUT2D eigenvalue weighted by Crippen LogP contribution is -2.36. The number of likely N-dealkylation sites (tertiary alicyclic amines) is 1. The second-order valence-corrected chi connectivity index (χ2v) is 8.94. The molecule has 5 rings (SSSR count). The Bertz CT molecular complexity index is 1090. The van der Waals surface area contributed by atoms with Crippen LogP contribution in [0.2, 0.25) is 0 Å². The average Bonchev–Trinajstić information content (AvgIpc) is 3.47. The maximum atomic E-state index is 12.5. The number of aryl methyl sites for hydroxylation is 1. The number of amides is 1. The number of carbonyl (C=O) groups is 1. The molecule has 6 nitrogen and oxygen atoms in total. The number of para-hydroxylation sites is 1. The van der Waals surface area contributed by atoms with E-state index in [2.05, 4.69) is 51.7 Å². The summed E-state index contributed by atoms with van der Waals surface area (Å²) >= 11 is 0. The summed E-state index contributed by atoms with van der Waals surface area (Å²) in [6.45, 7) is 5.89. The molecule has 2 aliphatic rings. The zero-order valence-electron chi connectivity index (χ0n) is 18.7. The summed E-state index contributed by atoms with van der Waals surface area (Å²) in [5, 5.41) is 7.77. The van der Waals surface area contributed by atoms with Gasteiger partial charge in [-0.2, -0.15) is 0 Å². The molecule has 166 valence electrons. The van der Waals surface area contributed by atoms with Crippen molar-refractivity contribution >= 4 is 11.6 Å². The van der Waals surface area contributed by atoms with Crippen molar-refractivity contribution in [2.75, 3.05) is 31.1 Å². The number of rotatable bonds is 6. The molecular weight excluding hydrogens is 400 g/mol.